The van der Waals surface area contributed by atoms with Crippen molar-refractivity contribution in [2.75, 3.05) is 18.9 Å². The second-order valence-corrected chi connectivity index (χ2v) is 4.71. The Hall–Kier alpha value is -1.69. The number of anilines is 1. The molecule has 19 heavy (non-hydrogen) atoms. The Labute approximate surface area is 120 Å². The molecule has 0 radical (unpaired) electrons. The van der Waals surface area contributed by atoms with Crippen LogP contribution in [-0.4, -0.2) is 23.4 Å². The van der Waals surface area contributed by atoms with Gasteiger partial charge in [-0.3, -0.25) is 5.10 Å². The zero-order valence-electron chi connectivity index (χ0n) is 10.9. The van der Waals surface area contributed by atoms with Crippen molar-refractivity contribution in [3.8, 4) is 22.8 Å². The maximum absolute atomic E-state index is 5.65. The fraction of sp³-hybridized carbons (Fsp3) is 0.308. The highest BCUT2D eigenvalue weighted by Crippen LogP contribution is 2.38. The van der Waals surface area contributed by atoms with E-state index in [1.165, 1.54) is 0 Å². The van der Waals surface area contributed by atoms with Crippen molar-refractivity contribution < 1.29 is 9.47 Å². The van der Waals surface area contributed by atoms with Crippen LogP contribution in [0, 0.1) is 0 Å². The first kappa shape index (κ1) is 13.7. The van der Waals surface area contributed by atoms with Gasteiger partial charge in [0.05, 0.1) is 23.4 Å². The number of benzene rings is 1. The molecular weight excluding hydrogens is 310 g/mol. The van der Waals surface area contributed by atoms with Crippen LogP contribution in [0.1, 0.15) is 13.8 Å². The molecule has 0 saturated heterocycles. The number of H-pyrrole nitrogens is 1. The molecule has 0 unspecified atom stereocenters. The number of hydrogen-bond donors (Lipinski definition) is 2. The molecule has 0 aliphatic rings. The minimum absolute atomic E-state index is 0.447. The number of rotatable bonds is 5. The van der Waals surface area contributed by atoms with Gasteiger partial charge in [0.25, 0.3) is 0 Å². The first-order valence-corrected chi connectivity index (χ1v) is 6.85. The summed E-state index contributed by atoms with van der Waals surface area (Å²) in [4.78, 5) is 0. The average Bonchev–Trinajstić information content (AvgIpc) is 2.80. The maximum Gasteiger partial charge on any atom is 0.145 e. The van der Waals surface area contributed by atoms with Crippen molar-refractivity contribution in [2.24, 2.45) is 0 Å². The number of halogens is 1. The highest BCUT2D eigenvalue weighted by atomic mass is 79.9. The topological polar surface area (TPSA) is 73.2 Å². The number of nitrogens with one attached hydrogen (secondary N) is 1. The number of nitrogen functional groups attached to an aromatic ring is 1. The van der Waals surface area contributed by atoms with Gasteiger partial charge in [0, 0.05) is 17.7 Å². The van der Waals surface area contributed by atoms with Crippen molar-refractivity contribution in [1.29, 1.82) is 0 Å². The third kappa shape index (κ3) is 3.01. The largest absolute Gasteiger partial charge is 0.493 e. The van der Waals surface area contributed by atoms with Crippen molar-refractivity contribution in [2.45, 2.75) is 13.8 Å². The molecule has 1 heterocycles. The Morgan fingerprint density at radius 3 is 2.42 bits per heavy atom. The Kier molecular flexibility index (Phi) is 4.31. The van der Waals surface area contributed by atoms with Gasteiger partial charge in [-0.25, -0.2) is 0 Å². The molecule has 0 saturated carbocycles. The van der Waals surface area contributed by atoms with Gasteiger partial charge >= 0.3 is 0 Å². The van der Waals surface area contributed by atoms with E-state index in [4.69, 9.17) is 15.2 Å². The highest BCUT2D eigenvalue weighted by Gasteiger charge is 2.13. The summed E-state index contributed by atoms with van der Waals surface area (Å²) >= 11 is 3.49. The summed E-state index contributed by atoms with van der Waals surface area (Å²) in [5.41, 5.74) is 7.34. The SMILES string of the molecule is CCOc1cc(OCC)c(-c2cc(N)n[nH]2)cc1Br. The summed E-state index contributed by atoms with van der Waals surface area (Å²) in [6, 6.07) is 5.57. The number of ether oxygens (including phenoxy) is 2. The summed E-state index contributed by atoms with van der Waals surface area (Å²) in [5.74, 6) is 1.93. The lowest BCUT2D eigenvalue weighted by Gasteiger charge is -2.13. The van der Waals surface area contributed by atoms with E-state index in [9.17, 15) is 0 Å². The van der Waals surface area contributed by atoms with Crippen LogP contribution in [0.5, 0.6) is 11.5 Å². The van der Waals surface area contributed by atoms with Crippen molar-refractivity contribution >= 4 is 21.7 Å². The van der Waals surface area contributed by atoms with Gasteiger partial charge in [-0.2, -0.15) is 5.10 Å². The molecule has 1 aromatic carbocycles. The van der Waals surface area contributed by atoms with Gasteiger partial charge in [0.2, 0.25) is 0 Å². The van der Waals surface area contributed by atoms with Crippen molar-refractivity contribution in [1.82, 2.24) is 10.2 Å². The fourth-order valence-corrected chi connectivity index (χ4v) is 2.22. The molecule has 1 aromatic heterocycles. The molecule has 3 N–H and O–H groups in total. The Bertz CT molecular complexity index is 569. The molecule has 2 rings (SSSR count). The highest BCUT2D eigenvalue weighted by molar-refractivity contribution is 9.10. The van der Waals surface area contributed by atoms with E-state index in [-0.39, 0.29) is 0 Å². The predicted octanol–water partition coefficient (Wildman–Crippen LogP) is 3.22. The lowest BCUT2D eigenvalue weighted by Crippen LogP contribution is -1.98. The van der Waals surface area contributed by atoms with Crippen LogP contribution in [0.2, 0.25) is 0 Å². The smallest absolute Gasteiger partial charge is 0.145 e. The van der Waals surface area contributed by atoms with E-state index in [0.717, 1.165) is 27.2 Å². The van der Waals surface area contributed by atoms with Gasteiger partial charge in [0.15, 0.2) is 0 Å². The van der Waals surface area contributed by atoms with Gasteiger partial charge in [-0.15, -0.1) is 0 Å². The molecule has 0 bridgehead atoms. The van der Waals surface area contributed by atoms with E-state index in [1.807, 2.05) is 26.0 Å². The van der Waals surface area contributed by atoms with Crippen LogP contribution in [-0.2, 0) is 0 Å². The van der Waals surface area contributed by atoms with Gasteiger partial charge in [-0.05, 0) is 35.8 Å². The van der Waals surface area contributed by atoms with Gasteiger partial charge in [0.1, 0.15) is 17.3 Å². The third-order valence-corrected chi connectivity index (χ3v) is 3.14. The number of nitrogens with two attached hydrogens (primary N) is 1. The van der Waals surface area contributed by atoms with E-state index in [1.54, 1.807) is 6.07 Å². The molecular formula is C13H16BrN3O2. The van der Waals surface area contributed by atoms with Gasteiger partial charge in [-0.1, -0.05) is 0 Å². The van der Waals surface area contributed by atoms with Crippen LogP contribution in [0.3, 0.4) is 0 Å². The molecule has 5 nitrogen and oxygen atoms in total. The zero-order chi connectivity index (χ0) is 13.8. The number of hydrogen-bond acceptors (Lipinski definition) is 4. The Balaban J connectivity index is 2.49. The number of aromatic amines is 1. The summed E-state index contributed by atoms with van der Waals surface area (Å²) < 4.78 is 12.1. The first-order chi connectivity index (χ1) is 9.15. The van der Waals surface area contributed by atoms with Crippen LogP contribution in [0.4, 0.5) is 5.82 Å². The van der Waals surface area contributed by atoms with Crippen LogP contribution >= 0.6 is 15.9 Å². The minimum atomic E-state index is 0.447. The maximum atomic E-state index is 5.65. The Morgan fingerprint density at radius 2 is 1.84 bits per heavy atom. The molecule has 0 aliphatic heterocycles. The molecule has 0 fully saturated rings. The third-order valence-electron chi connectivity index (χ3n) is 2.52. The first-order valence-electron chi connectivity index (χ1n) is 6.06. The molecule has 0 atom stereocenters. The molecule has 6 heteroatoms. The van der Waals surface area contributed by atoms with Crippen LogP contribution < -0.4 is 15.2 Å². The second-order valence-electron chi connectivity index (χ2n) is 3.85. The molecule has 102 valence electrons. The number of nitrogens with zero attached hydrogens (tertiary/aromatic N) is 1. The summed E-state index contributed by atoms with van der Waals surface area (Å²) in [6.45, 7) is 5.05. The van der Waals surface area contributed by atoms with E-state index < -0.39 is 0 Å². The lowest BCUT2D eigenvalue weighted by atomic mass is 10.1. The summed E-state index contributed by atoms with van der Waals surface area (Å²) in [6.07, 6.45) is 0. The van der Waals surface area contributed by atoms with E-state index in [0.29, 0.717) is 19.0 Å². The van der Waals surface area contributed by atoms with Crippen LogP contribution in [0.25, 0.3) is 11.3 Å². The van der Waals surface area contributed by atoms with Crippen molar-refractivity contribution in [3.63, 3.8) is 0 Å². The quantitative estimate of drug-likeness (QED) is 0.885. The standard InChI is InChI=1S/C13H16BrN3O2/c1-3-18-11-7-12(19-4-2)9(14)5-8(11)10-6-13(15)17-16-10/h5-7H,3-4H2,1-2H3,(H3,15,16,17). The molecule has 0 aliphatic carbocycles. The van der Waals surface area contributed by atoms with Crippen LogP contribution in [0.15, 0.2) is 22.7 Å². The van der Waals surface area contributed by atoms with Gasteiger partial charge < -0.3 is 15.2 Å². The lowest BCUT2D eigenvalue weighted by molar-refractivity contribution is 0.322. The summed E-state index contributed by atoms with van der Waals surface area (Å²) in [5, 5.41) is 6.82. The molecule has 0 spiro atoms. The Morgan fingerprint density at radius 1 is 1.16 bits per heavy atom. The summed E-state index contributed by atoms with van der Waals surface area (Å²) in [7, 11) is 0. The fourth-order valence-electron chi connectivity index (χ4n) is 1.76. The van der Waals surface area contributed by atoms with E-state index in [2.05, 4.69) is 26.1 Å². The number of aromatic nitrogens is 2. The average molecular weight is 326 g/mol. The zero-order valence-corrected chi connectivity index (χ0v) is 12.5. The van der Waals surface area contributed by atoms with E-state index >= 15 is 0 Å². The normalized spacial score (nSPS) is 10.5. The second kappa shape index (κ2) is 5.97. The van der Waals surface area contributed by atoms with Crippen molar-refractivity contribution in [3.05, 3.63) is 22.7 Å². The molecule has 2 aromatic rings. The minimum Gasteiger partial charge on any atom is -0.493 e. The molecule has 0 amide bonds. The monoisotopic (exact) mass is 325 g/mol. The predicted molar refractivity (Wildman–Crippen MR) is 78.5 cm³/mol.